The summed E-state index contributed by atoms with van der Waals surface area (Å²) >= 11 is 1.87. The van der Waals surface area contributed by atoms with Crippen molar-refractivity contribution in [1.82, 2.24) is 0 Å². The molecule has 13 rings (SSSR count). The maximum Gasteiger partial charge on any atom is 0.136 e. The third-order valence-corrected chi connectivity index (χ3v) is 13.5. The number of hydrogen-bond acceptors (Lipinski definition) is 2. The molecule has 0 N–H and O–H groups in total. The van der Waals surface area contributed by atoms with E-state index in [2.05, 4.69) is 188 Å². The van der Waals surface area contributed by atoms with E-state index in [4.69, 9.17) is 4.42 Å². The molecular formula is C56H32OS. The number of furan rings is 1. The van der Waals surface area contributed by atoms with Gasteiger partial charge in [0.05, 0.1) is 0 Å². The molecule has 0 saturated carbocycles. The predicted molar refractivity (Wildman–Crippen MR) is 250 cm³/mol. The molecule has 0 atom stereocenters. The van der Waals surface area contributed by atoms with Gasteiger partial charge in [-0.05, 0) is 142 Å². The maximum absolute atomic E-state index is 6.26. The average molecular weight is 753 g/mol. The molecular weight excluding hydrogens is 721 g/mol. The Balaban J connectivity index is 0.930. The van der Waals surface area contributed by atoms with E-state index in [1.165, 1.54) is 118 Å². The topological polar surface area (TPSA) is 13.1 Å². The van der Waals surface area contributed by atoms with Crippen molar-refractivity contribution in [2.75, 3.05) is 0 Å². The van der Waals surface area contributed by atoms with E-state index in [-0.39, 0.29) is 0 Å². The quantitative estimate of drug-likeness (QED) is 0.164. The molecule has 2 aromatic heterocycles. The fourth-order valence-corrected chi connectivity index (χ4v) is 10.8. The standard InChI is InChI=1S/C56H32OS/c1-2-12-41-33(10-1)11-9-18-43(41)56-46-16-5-3-14-44(46)55(45-15-4-6-17-47(45)56)38-23-22-34-26-35(20-21-36(34)27-38)37-24-25-53-49(28-37)50-30-39-31-52-48(29-40(39)32-54(50)58-53)42-13-7-8-19-51(42)57-52/h1-32H. The van der Waals surface area contributed by atoms with Gasteiger partial charge in [0, 0.05) is 30.9 Å². The van der Waals surface area contributed by atoms with Crippen molar-refractivity contribution in [2.45, 2.75) is 0 Å². The van der Waals surface area contributed by atoms with Gasteiger partial charge in [0.2, 0.25) is 0 Å². The minimum Gasteiger partial charge on any atom is -0.456 e. The van der Waals surface area contributed by atoms with Gasteiger partial charge >= 0.3 is 0 Å². The molecule has 0 aliphatic heterocycles. The number of rotatable bonds is 3. The SMILES string of the molecule is c1ccc2c(-c3c4ccccc4c(-c4ccc5cc(-c6ccc7sc8cc9cc%10c(cc9cc8c7c6)oc6ccccc6%10)ccc5c4)c4ccccc34)cccc2c1. The normalized spacial score (nSPS) is 12.1. The zero-order chi connectivity index (χ0) is 37.9. The number of thiophene rings is 1. The van der Waals surface area contributed by atoms with Crippen LogP contribution in [0.25, 0.3) is 129 Å². The van der Waals surface area contributed by atoms with Gasteiger partial charge in [-0.1, -0.05) is 140 Å². The number of fused-ring (bicyclic) bond motifs is 11. The third-order valence-electron chi connectivity index (χ3n) is 12.4. The van der Waals surface area contributed by atoms with E-state index in [1.54, 1.807) is 0 Å². The lowest BCUT2D eigenvalue weighted by atomic mass is 9.84. The van der Waals surface area contributed by atoms with E-state index < -0.39 is 0 Å². The van der Waals surface area contributed by atoms with Crippen LogP contribution in [0, 0.1) is 0 Å². The smallest absolute Gasteiger partial charge is 0.136 e. The summed E-state index contributed by atoms with van der Waals surface area (Å²) in [6.07, 6.45) is 0. The number of hydrogen-bond donors (Lipinski definition) is 0. The fourth-order valence-electron chi connectivity index (χ4n) is 9.68. The molecule has 0 amide bonds. The largest absolute Gasteiger partial charge is 0.456 e. The predicted octanol–water partition coefficient (Wildman–Crippen LogP) is 16.7. The van der Waals surface area contributed by atoms with E-state index in [1.807, 2.05) is 17.4 Å². The summed E-state index contributed by atoms with van der Waals surface area (Å²) in [7, 11) is 0. The van der Waals surface area contributed by atoms with Crippen LogP contribution in [0.4, 0.5) is 0 Å². The summed E-state index contributed by atoms with van der Waals surface area (Å²) in [6, 6.07) is 71.7. The molecule has 0 aliphatic carbocycles. The fraction of sp³-hybridized carbons (Fsp3) is 0. The Labute approximate surface area is 337 Å². The molecule has 0 radical (unpaired) electrons. The van der Waals surface area contributed by atoms with E-state index >= 15 is 0 Å². The van der Waals surface area contributed by atoms with Gasteiger partial charge in [-0.3, -0.25) is 0 Å². The van der Waals surface area contributed by atoms with E-state index in [0.717, 1.165) is 11.2 Å². The van der Waals surface area contributed by atoms with Crippen molar-refractivity contribution < 1.29 is 4.42 Å². The molecule has 13 aromatic rings. The molecule has 2 heteroatoms. The minimum atomic E-state index is 0.935. The van der Waals surface area contributed by atoms with Crippen LogP contribution in [0.1, 0.15) is 0 Å². The Kier molecular flexibility index (Phi) is 6.66. The van der Waals surface area contributed by atoms with Crippen LogP contribution in [0.3, 0.4) is 0 Å². The van der Waals surface area contributed by atoms with Crippen molar-refractivity contribution in [3.63, 3.8) is 0 Å². The Morgan fingerprint density at radius 3 is 1.64 bits per heavy atom. The molecule has 0 bridgehead atoms. The highest BCUT2D eigenvalue weighted by atomic mass is 32.1. The highest BCUT2D eigenvalue weighted by Gasteiger charge is 2.18. The Morgan fingerprint density at radius 2 is 0.845 bits per heavy atom. The lowest BCUT2D eigenvalue weighted by Gasteiger charge is -2.19. The van der Waals surface area contributed by atoms with Gasteiger partial charge in [-0.2, -0.15) is 0 Å². The average Bonchev–Trinajstić information content (AvgIpc) is 3.82. The molecule has 0 fully saturated rings. The van der Waals surface area contributed by atoms with Gasteiger partial charge in [0.15, 0.2) is 0 Å². The van der Waals surface area contributed by atoms with Crippen LogP contribution in [0.15, 0.2) is 199 Å². The van der Waals surface area contributed by atoms with Gasteiger partial charge < -0.3 is 4.42 Å². The molecule has 268 valence electrons. The van der Waals surface area contributed by atoms with Crippen molar-refractivity contribution >= 4 is 107 Å². The van der Waals surface area contributed by atoms with Crippen molar-refractivity contribution in [3.8, 4) is 33.4 Å². The molecule has 0 spiro atoms. The molecule has 1 nitrogen and oxygen atoms in total. The summed E-state index contributed by atoms with van der Waals surface area (Å²) in [5.41, 5.74) is 9.41. The summed E-state index contributed by atoms with van der Waals surface area (Å²) in [5, 5.41) is 17.5. The summed E-state index contributed by atoms with van der Waals surface area (Å²) in [4.78, 5) is 0. The Morgan fingerprint density at radius 1 is 0.276 bits per heavy atom. The monoisotopic (exact) mass is 752 g/mol. The summed E-state index contributed by atoms with van der Waals surface area (Å²) < 4.78 is 8.87. The zero-order valence-corrected chi connectivity index (χ0v) is 32.1. The Bertz CT molecular complexity index is 3800. The zero-order valence-electron chi connectivity index (χ0n) is 31.3. The first-order valence-corrected chi connectivity index (χ1v) is 20.7. The third kappa shape index (κ3) is 4.70. The highest BCUT2D eigenvalue weighted by molar-refractivity contribution is 7.25. The van der Waals surface area contributed by atoms with E-state index in [0.29, 0.717) is 0 Å². The second-order valence-corrected chi connectivity index (χ2v) is 16.7. The first-order chi connectivity index (χ1) is 28.7. The first kappa shape index (κ1) is 31.9. The van der Waals surface area contributed by atoms with Crippen LogP contribution in [-0.4, -0.2) is 0 Å². The molecule has 0 aliphatic rings. The lowest BCUT2D eigenvalue weighted by Crippen LogP contribution is -1.91. The van der Waals surface area contributed by atoms with Crippen molar-refractivity contribution in [3.05, 3.63) is 194 Å². The van der Waals surface area contributed by atoms with Crippen LogP contribution in [0.5, 0.6) is 0 Å². The van der Waals surface area contributed by atoms with E-state index in [9.17, 15) is 0 Å². The van der Waals surface area contributed by atoms with Crippen LogP contribution in [-0.2, 0) is 0 Å². The molecule has 11 aromatic carbocycles. The second kappa shape index (κ2) is 12.1. The molecule has 2 heterocycles. The van der Waals surface area contributed by atoms with Crippen LogP contribution in [0.2, 0.25) is 0 Å². The van der Waals surface area contributed by atoms with Crippen LogP contribution < -0.4 is 0 Å². The van der Waals surface area contributed by atoms with Gasteiger partial charge in [-0.25, -0.2) is 0 Å². The number of benzene rings is 11. The maximum atomic E-state index is 6.26. The number of para-hydroxylation sites is 1. The molecule has 0 unspecified atom stereocenters. The lowest BCUT2D eigenvalue weighted by molar-refractivity contribution is 0.669. The summed E-state index contributed by atoms with van der Waals surface area (Å²) in [5.74, 6) is 0. The second-order valence-electron chi connectivity index (χ2n) is 15.6. The van der Waals surface area contributed by atoms with Gasteiger partial charge in [-0.15, -0.1) is 11.3 Å². The summed E-state index contributed by atoms with van der Waals surface area (Å²) in [6.45, 7) is 0. The van der Waals surface area contributed by atoms with Crippen LogP contribution >= 0.6 is 11.3 Å². The van der Waals surface area contributed by atoms with Gasteiger partial charge in [0.1, 0.15) is 11.2 Å². The highest BCUT2D eigenvalue weighted by Crippen LogP contribution is 2.46. The first-order valence-electron chi connectivity index (χ1n) is 19.9. The minimum absolute atomic E-state index is 0.935. The van der Waals surface area contributed by atoms with Crippen molar-refractivity contribution in [2.24, 2.45) is 0 Å². The molecule has 58 heavy (non-hydrogen) atoms. The molecule has 0 saturated heterocycles. The van der Waals surface area contributed by atoms with Gasteiger partial charge in [0.25, 0.3) is 0 Å². The Hall–Kier alpha value is -7.26. The van der Waals surface area contributed by atoms with Crippen molar-refractivity contribution in [1.29, 1.82) is 0 Å².